The van der Waals surface area contributed by atoms with Gasteiger partial charge in [0, 0.05) is 6.54 Å². The normalized spacial score (nSPS) is 10.3. The molecule has 1 rings (SSSR count). The lowest BCUT2D eigenvalue weighted by Crippen LogP contribution is -2.27. The van der Waals surface area contributed by atoms with Crippen molar-refractivity contribution in [1.82, 2.24) is 10.2 Å². The highest BCUT2D eigenvalue weighted by Crippen LogP contribution is 2.00. The molecule has 0 saturated carbocycles. The maximum atomic E-state index is 11.3. The number of ether oxygens (including phenoxy) is 1. The van der Waals surface area contributed by atoms with Gasteiger partial charge in [0.25, 0.3) is 0 Å². The lowest BCUT2D eigenvalue weighted by molar-refractivity contribution is 0.139. The molecule has 0 aliphatic heterocycles. The van der Waals surface area contributed by atoms with Crippen LogP contribution in [0.2, 0.25) is 0 Å². The quantitative estimate of drug-likeness (QED) is 0.767. The first kappa shape index (κ1) is 13.5. The molecule has 94 valence electrons. The van der Waals surface area contributed by atoms with Crippen LogP contribution >= 0.6 is 0 Å². The van der Waals surface area contributed by atoms with Gasteiger partial charge in [0.15, 0.2) is 0 Å². The van der Waals surface area contributed by atoms with Gasteiger partial charge in [0.1, 0.15) is 6.61 Å². The van der Waals surface area contributed by atoms with Crippen molar-refractivity contribution in [3.63, 3.8) is 0 Å². The van der Waals surface area contributed by atoms with Crippen LogP contribution in [0.15, 0.2) is 30.3 Å². The first-order chi connectivity index (χ1) is 8.18. The number of nitrogens with zero attached hydrogens (tertiary/aromatic N) is 1. The SMILES string of the molecule is CN(C)CCCNC(=O)OCc1ccccc1. The molecule has 0 aliphatic rings. The van der Waals surface area contributed by atoms with Crippen molar-refractivity contribution in [3.05, 3.63) is 35.9 Å². The largest absolute Gasteiger partial charge is 0.445 e. The topological polar surface area (TPSA) is 41.6 Å². The van der Waals surface area contributed by atoms with Gasteiger partial charge in [-0.2, -0.15) is 0 Å². The van der Waals surface area contributed by atoms with Gasteiger partial charge < -0.3 is 15.0 Å². The molecule has 0 fully saturated rings. The van der Waals surface area contributed by atoms with E-state index in [0.29, 0.717) is 13.2 Å². The molecule has 4 nitrogen and oxygen atoms in total. The first-order valence-corrected chi connectivity index (χ1v) is 5.78. The zero-order valence-electron chi connectivity index (χ0n) is 10.5. The summed E-state index contributed by atoms with van der Waals surface area (Å²) in [5, 5.41) is 2.72. The van der Waals surface area contributed by atoms with Gasteiger partial charge >= 0.3 is 6.09 Å². The molecular formula is C13H20N2O2. The zero-order valence-corrected chi connectivity index (χ0v) is 10.5. The van der Waals surface area contributed by atoms with E-state index in [1.54, 1.807) is 0 Å². The summed E-state index contributed by atoms with van der Waals surface area (Å²) in [7, 11) is 4.02. The Kier molecular flexibility index (Phi) is 6.10. The summed E-state index contributed by atoms with van der Waals surface area (Å²) in [6, 6.07) is 9.64. The minimum absolute atomic E-state index is 0.320. The van der Waals surface area contributed by atoms with Crippen LogP contribution in [-0.2, 0) is 11.3 Å². The van der Waals surface area contributed by atoms with Crippen molar-refractivity contribution >= 4 is 6.09 Å². The summed E-state index contributed by atoms with van der Waals surface area (Å²) >= 11 is 0. The number of rotatable bonds is 6. The van der Waals surface area contributed by atoms with Crippen LogP contribution in [0, 0.1) is 0 Å². The van der Waals surface area contributed by atoms with Crippen molar-refractivity contribution in [2.24, 2.45) is 0 Å². The Morgan fingerprint density at radius 3 is 2.65 bits per heavy atom. The third-order valence-electron chi connectivity index (χ3n) is 2.26. The van der Waals surface area contributed by atoms with Crippen LogP contribution < -0.4 is 5.32 Å². The van der Waals surface area contributed by atoms with Crippen molar-refractivity contribution in [3.8, 4) is 0 Å². The highest BCUT2D eigenvalue weighted by Gasteiger charge is 2.01. The average molecular weight is 236 g/mol. The Morgan fingerprint density at radius 2 is 2.00 bits per heavy atom. The molecule has 0 unspecified atom stereocenters. The molecule has 0 heterocycles. The zero-order chi connectivity index (χ0) is 12.5. The minimum atomic E-state index is -0.354. The van der Waals surface area contributed by atoms with E-state index < -0.39 is 0 Å². The van der Waals surface area contributed by atoms with Gasteiger partial charge in [-0.25, -0.2) is 4.79 Å². The molecular weight excluding hydrogens is 216 g/mol. The van der Waals surface area contributed by atoms with Crippen LogP contribution in [0.1, 0.15) is 12.0 Å². The second-order valence-electron chi connectivity index (χ2n) is 4.15. The van der Waals surface area contributed by atoms with E-state index in [-0.39, 0.29) is 6.09 Å². The standard InChI is InChI=1S/C13H20N2O2/c1-15(2)10-6-9-14-13(16)17-11-12-7-4-3-5-8-12/h3-5,7-8H,6,9-11H2,1-2H3,(H,14,16). The lowest BCUT2D eigenvalue weighted by atomic mass is 10.2. The predicted molar refractivity (Wildman–Crippen MR) is 67.8 cm³/mol. The fourth-order valence-corrected chi connectivity index (χ4v) is 1.36. The molecule has 1 N–H and O–H groups in total. The maximum Gasteiger partial charge on any atom is 0.407 e. The molecule has 0 aromatic heterocycles. The Balaban J connectivity index is 2.09. The van der Waals surface area contributed by atoms with E-state index in [0.717, 1.165) is 18.5 Å². The molecule has 0 saturated heterocycles. The Hall–Kier alpha value is -1.55. The first-order valence-electron chi connectivity index (χ1n) is 5.78. The van der Waals surface area contributed by atoms with E-state index in [1.807, 2.05) is 44.4 Å². The number of hydrogen-bond acceptors (Lipinski definition) is 3. The molecule has 4 heteroatoms. The molecule has 17 heavy (non-hydrogen) atoms. The van der Waals surface area contributed by atoms with Crippen molar-refractivity contribution in [2.45, 2.75) is 13.0 Å². The van der Waals surface area contributed by atoms with Gasteiger partial charge in [-0.1, -0.05) is 30.3 Å². The molecule has 0 bridgehead atoms. The molecule has 1 amide bonds. The molecule has 0 radical (unpaired) electrons. The fraction of sp³-hybridized carbons (Fsp3) is 0.462. The van der Waals surface area contributed by atoms with Crippen molar-refractivity contribution < 1.29 is 9.53 Å². The van der Waals surface area contributed by atoms with Crippen LogP contribution in [0.5, 0.6) is 0 Å². The van der Waals surface area contributed by atoms with Gasteiger partial charge in [-0.05, 0) is 32.6 Å². The number of nitrogens with one attached hydrogen (secondary N) is 1. The summed E-state index contributed by atoms with van der Waals surface area (Å²) in [4.78, 5) is 13.4. The molecule has 1 aromatic rings. The monoisotopic (exact) mass is 236 g/mol. The third-order valence-corrected chi connectivity index (χ3v) is 2.26. The number of alkyl carbamates (subject to hydrolysis) is 1. The Bertz CT molecular complexity index is 325. The summed E-state index contributed by atoms with van der Waals surface area (Å²) in [5.41, 5.74) is 0.996. The Morgan fingerprint density at radius 1 is 1.29 bits per heavy atom. The molecule has 0 atom stereocenters. The number of amides is 1. The number of benzene rings is 1. The summed E-state index contributed by atoms with van der Waals surface area (Å²) in [5.74, 6) is 0. The van der Waals surface area contributed by atoms with Crippen LogP contribution in [-0.4, -0.2) is 38.2 Å². The average Bonchev–Trinajstić information content (AvgIpc) is 2.33. The Labute approximate surface area is 103 Å². The number of carbonyl (C=O) groups excluding carboxylic acids is 1. The van der Waals surface area contributed by atoms with E-state index >= 15 is 0 Å². The van der Waals surface area contributed by atoms with E-state index in [2.05, 4.69) is 10.2 Å². The van der Waals surface area contributed by atoms with Crippen molar-refractivity contribution in [2.75, 3.05) is 27.2 Å². The number of carbonyl (C=O) groups is 1. The summed E-state index contributed by atoms with van der Waals surface area (Å²) in [6.45, 7) is 1.92. The summed E-state index contributed by atoms with van der Waals surface area (Å²) < 4.78 is 5.07. The van der Waals surface area contributed by atoms with Crippen LogP contribution in [0.3, 0.4) is 0 Å². The third kappa shape index (κ3) is 6.58. The summed E-state index contributed by atoms with van der Waals surface area (Å²) in [6.07, 6.45) is 0.570. The number of hydrogen-bond donors (Lipinski definition) is 1. The maximum absolute atomic E-state index is 11.3. The van der Waals surface area contributed by atoms with Crippen molar-refractivity contribution in [1.29, 1.82) is 0 Å². The highest BCUT2D eigenvalue weighted by molar-refractivity contribution is 5.67. The van der Waals surface area contributed by atoms with E-state index in [9.17, 15) is 4.79 Å². The second kappa shape index (κ2) is 7.68. The fourth-order valence-electron chi connectivity index (χ4n) is 1.36. The molecule has 0 aliphatic carbocycles. The lowest BCUT2D eigenvalue weighted by Gasteiger charge is -2.10. The van der Waals surface area contributed by atoms with Gasteiger partial charge in [0.2, 0.25) is 0 Å². The predicted octanol–water partition coefficient (Wildman–Crippen LogP) is 1.86. The second-order valence-corrected chi connectivity index (χ2v) is 4.15. The van der Waals surface area contributed by atoms with E-state index in [1.165, 1.54) is 0 Å². The van der Waals surface area contributed by atoms with Gasteiger partial charge in [-0.3, -0.25) is 0 Å². The van der Waals surface area contributed by atoms with E-state index in [4.69, 9.17) is 4.74 Å². The van der Waals surface area contributed by atoms with Gasteiger partial charge in [-0.15, -0.1) is 0 Å². The highest BCUT2D eigenvalue weighted by atomic mass is 16.5. The molecule has 0 spiro atoms. The smallest absolute Gasteiger partial charge is 0.407 e. The molecule has 1 aromatic carbocycles. The van der Waals surface area contributed by atoms with Crippen LogP contribution in [0.25, 0.3) is 0 Å². The minimum Gasteiger partial charge on any atom is -0.445 e. The van der Waals surface area contributed by atoms with Crippen LogP contribution in [0.4, 0.5) is 4.79 Å². The van der Waals surface area contributed by atoms with Gasteiger partial charge in [0.05, 0.1) is 0 Å².